The van der Waals surface area contributed by atoms with Crippen molar-refractivity contribution in [3.63, 3.8) is 0 Å². The molecule has 0 bridgehead atoms. The highest BCUT2D eigenvalue weighted by Gasteiger charge is 2.50. The lowest BCUT2D eigenvalue weighted by Gasteiger charge is -2.11. The van der Waals surface area contributed by atoms with E-state index in [0.717, 1.165) is 17.7 Å². The average Bonchev–Trinajstić information content (AvgIpc) is 2.61. The smallest absolute Gasteiger partial charge is 0.115 e. The van der Waals surface area contributed by atoms with Gasteiger partial charge in [0, 0.05) is 23.0 Å². The van der Waals surface area contributed by atoms with Crippen molar-refractivity contribution in [2.75, 3.05) is 0 Å². The van der Waals surface area contributed by atoms with Crippen molar-refractivity contribution < 1.29 is 0 Å². The van der Waals surface area contributed by atoms with E-state index in [4.69, 9.17) is 5.73 Å². The normalized spacial score (nSPS) is 33.4. The maximum Gasteiger partial charge on any atom is 0.115 e. The Balaban J connectivity index is 2.41. The van der Waals surface area contributed by atoms with Gasteiger partial charge in [-0.3, -0.25) is 0 Å². The van der Waals surface area contributed by atoms with E-state index < -0.39 is 0 Å². The lowest BCUT2D eigenvalue weighted by atomic mass is 10.0. The number of hydrogen-bond acceptors (Lipinski definition) is 3. The van der Waals surface area contributed by atoms with E-state index in [1.807, 2.05) is 13.1 Å². The van der Waals surface area contributed by atoms with E-state index in [9.17, 15) is 0 Å². The van der Waals surface area contributed by atoms with Crippen molar-refractivity contribution in [3.8, 4) is 0 Å². The zero-order valence-corrected chi connectivity index (χ0v) is 7.41. The van der Waals surface area contributed by atoms with Gasteiger partial charge < -0.3 is 5.73 Å². The van der Waals surface area contributed by atoms with Crippen LogP contribution in [0.25, 0.3) is 0 Å². The van der Waals surface area contributed by atoms with Gasteiger partial charge in [0.15, 0.2) is 0 Å². The standard InChI is InChI=1S/C9H13N3/c1-6-3-9(6,10)8-4-11-5-12-7(8)2/h4-6H,3,10H2,1-2H3. The number of nitrogens with zero attached hydrogens (tertiary/aromatic N) is 2. The van der Waals surface area contributed by atoms with Gasteiger partial charge in [0.05, 0.1) is 0 Å². The minimum absolute atomic E-state index is 0.134. The SMILES string of the molecule is Cc1ncncc1C1(N)CC1C. The molecule has 1 fully saturated rings. The number of aryl methyl sites for hydroxylation is 1. The minimum Gasteiger partial charge on any atom is -0.321 e. The molecule has 1 saturated carbocycles. The lowest BCUT2D eigenvalue weighted by molar-refractivity contribution is 0.650. The molecular weight excluding hydrogens is 150 g/mol. The van der Waals surface area contributed by atoms with E-state index in [1.54, 1.807) is 6.33 Å². The molecule has 1 aliphatic carbocycles. The Morgan fingerprint density at radius 1 is 1.67 bits per heavy atom. The molecule has 12 heavy (non-hydrogen) atoms. The summed E-state index contributed by atoms with van der Waals surface area (Å²) in [7, 11) is 0. The average molecular weight is 163 g/mol. The number of aromatic nitrogens is 2. The molecule has 1 heterocycles. The zero-order valence-electron chi connectivity index (χ0n) is 7.41. The molecule has 1 aliphatic rings. The highest BCUT2D eigenvalue weighted by Crippen LogP contribution is 2.49. The van der Waals surface area contributed by atoms with Gasteiger partial charge in [0.1, 0.15) is 6.33 Å². The van der Waals surface area contributed by atoms with Crippen LogP contribution < -0.4 is 5.73 Å². The molecule has 0 aliphatic heterocycles. The Labute approximate surface area is 72.0 Å². The van der Waals surface area contributed by atoms with Gasteiger partial charge in [-0.05, 0) is 19.3 Å². The molecule has 0 radical (unpaired) electrons. The third-order valence-electron chi connectivity index (χ3n) is 2.78. The second-order valence-corrected chi connectivity index (χ2v) is 3.67. The van der Waals surface area contributed by atoms with Gasteiger partial charge in [0.2, 0.25) is 0 Å². The van der Waals surface area contributed by atoms with E-state index in [-0.39, 0.29) is 5.54 Å². The molecule has 64 valence electrons. The zero-order chi connectivity index (χ0) is 8.77. The fraction of sp³-hybridized carbons (Fsp3) is 0.556. The van der Waals surface area contributed by atoms with E-state index >= 15 is 0 Å². The molecule has 3 heteroatoms. The van der Waals surface area contributed by atoms with Gasteiger partial charge in [0.25, 0.3) is 0 Å². The summed E-state index contributed by atoms with van der Waals surface area (Å²) in [6, 6.07) is 0. The third-order valence-corrected chi connectivity index (χ3v) is 2.78. The summed E-state index contributed by atoms with van der Waals surface area (Å²) in [4.78, 5) is 8.12. The predicted molar refractivity (Wildman–Crippen MR) is 46.4 cm³/mol. The monoisotopic (exact) mass is 163 g/mol. The predicted octanol–water partition coefficient (Wildman–Crippen LogP) is 0.979. The maximum absolute atomic E-state index is 6.13. The highest BCUT2D eigenvalue weighted by molar-refractivity contribution is 5.31. The Morgan fingerprint density at radius 3 is 2.83 bits per heavy atom. The van der Waals surface area contributed by atoms with Crippen LogP contribution >= 0.6 is 0 Å². The van der Waals surface area contributed by atoms with Crippen LogP contribution in [0.15, 0.2) is 12.5 Å². The number of nitrogens with two attached hydrogens (primary N) is 1. The van der Waals surface area contributed by atoms with Crippen LogP contribution in [0, 0.1) is 12.8 Å². The maximum atomic E-state index is 6.13. The first-order valence-electron chi connectivity index (χ1n) is 4.20. The van der Waals surface area contributed by atoms with Crippen molar-refractivity contribution in [2.24, 2.45) is 11.7 Å². The molecule has 0 spiro atoms. The van der Waals surface area contributed by atoms with Crippen molar-refractivity contribution in [1.29, 1.82) is 0 Å². The van der Waals surface area contributed by atoms with E-state index in [2.05, 4.69) is 16.9 Å². The van der Waals surface area contributed by atoms with Crippen LogP contribution in [-0.4, -0.2) is 9.97 Å². The van der Waals surface area contributed by atoms with Crippen molar-refractivity contribution >= 4 is 0 Å². The Hall–Kier alpha value is -0.960. The molecule has 2 atom stereocenters. The molecule has 1 aromatic rings. The van der Waals surface area contributed by atoms with Crippen LogP contribution in [-0.2, 0) is 5.54 Å². The van der Waals surface area contributed by atoms with E-state index in [0.29, 0.717) is 5.92 Å². The summed E-state index contributed by atoms with van der Waals surface area (Å²) < 4.78 is 0. The summed E-state index contributed by atoms with van der Waals surface area (Å²) in [6.07, 6.45) is 4.46. The molecule has 2 rings (SSSR count). The summed E-state index contributed by atoms with van der Waals surface area (Å²) in [6.45, 7) is 4.14. The second kappa shape index (κ2) is 2.26. The molecule has 3 nitrogen and oxygen atoms in total. The van der Waals surface area contributed by atoms with Crippen molar-refractivity contribution in [3.05, 3.63) is 23.8 Å². The summed E-state index contributed by atoms with van der Waals surface area (Å²) in [5.41, 5.74) is 8.12. The van der Waals surface area contributed by atoms with E-state index in [1.165, 1.54) is 0 Å². The molecule has 0 amide bonds. The lowest BCUT2D eigenvalue weighted by Crippen LogP contribution is -2.23. The molecular formula is C9H13N3. The highest BCUT2D eigenvalue weighted by atomic mass is 14.9. The fourth-order valence-corrected chi connectivity index (χ4v) is 1.67. The Morgan fingerprint density at radius 2 is 2.33 bits per heavy atom. The van der Waals surface area contributed by atoms with Crippen molar-refractivity contribution in [1.82, 2.24) is 9.97 Å². The Bertz CT molecular complexity index is 310. The van der Waals surface area contributed by atoms with Gasteiger partial charge in [-0.1, -0.05) is 6.92 Å². The van der Waals surface area contributed by atoms with Crippen LogP contribution in [0.4, 0.5) is 0 Å². The molecule has 2 unspecified atom stereocenters. The van der Waals surface area contributed by atoms with Gasteiger partial charge in [-0.2, -0.15) is 0 Å². The molecule has 1 aromatic heterocycles. The Kier molecular flexibility index (Phi) is 1.45. The van der Waals surface area contributed by atoms with Crippen LogP contribution in [0.2, 0.25) is 0 Å². The number of rotatable bonds is 1. The van der Waals surface area contributed by atoms with Crippen LogP contribution in [0.1, 0.15) is 24.6 Å². The first-order valence-corrected chi connectivity index (χ1v) is 4.20. The first-order chi connectivity index (χ1) is 5.64. The third kappa shape index (κ3) is 0.932. The fourth-order valence-electron chi connectivity index (χ4n) is 1.67. The van der Waals surface area contributed by atoms with Gasteiger partial charge in [-0.25, -0.2) is 9.97 Å². The van der Waals surface area contributed by atoms with Crippen LogP contribution in [0.3, 0.4) is 0 Å². The summed E-state index contributed by atoms with van der Waals surface area (Å²) >= 11 is 0. The topological polar surface area (TPSA) is 51.8 Å². The first kappa shape index (κ1) is 7.68. The van der Waals surface area contributed by atoms with Gasteiger partial charge in [-0.15, -0.1) is 0 Å². The second-order valence-electron chi connectivity index (χ2n) is 3.67. The molecule has 0 aromatic carbocycles. The molecule has 2 N–H and O–H groups in total. The van der Waals surface area contributed by atoms with Crippen molar-refractivity contribution in [2.45, 2.75) is 25.8 Å². The quantitative estimate of drug-likeness (QED) is 0.671. The summed E-state index contributed by atoms with van der Waals surface area (Å²) in [5, 5.41) is 0. The minimum atomic E-state index is -0.134. The van der Waals surface area contributed by atoms with Gasteiger partial charge >= 0.3 is 0 Å². The largest absolute Gasteiger partial charge is 0.321 e. The number of hydrogen-bond donors (Lipinski definition) is 1. The summed E-state index contributed by atoms with van der Waals surface area (Å²) in [5.74, 6) is 0.571. The van der Waals surface area contributed by atoms with Crippen LogP contribution in [0.5, 0.6) is 0 Å². The molecule has 0 saturated heterocycles.